The highest BCUT2D eigenvalue weighted by atomic mass is 79.9. The molecule has 18 heavy (non-hydrogen) atoms. The zero-order valence-corrected chi connectivity index (χ0v) is 12.4. The fourth-order valence-electron chi connectivity index (χ4n) is 1.63. The summed E-state index contributed by atoms with van der Waals surface area (Å²) in [7, 11) is -1.69. The van der Waals surface area contributed by atoms with Crippen LogP contribution in [-0.4, -0.2) is 41.1 Å². The Balaban J connectivity index is 2.37. The first kappa shape index (κ1) is 13.6. The molecule has 0 aliphatic carbocycles. The molecule has 1 aliphatic rings. The zero-order valence-electron chi connectivity index (χ0n) is 9.97. The molecule has 0 bridgehead atoms. The summed E-state index contributed by atoms with van der Waals surface area (Å²) in [6.45, 7) is 0.750. The van der Waals surface area contributed by atoms with E-state index in [1.165, 1.54) is 12.1 Å². The van der Waals surface area contributed by atoms with Gasteiger partial charge in [0, 0.05) is 19.4 Å². The molecule has 0 radical (unpaired) electrons. The largest absolute Gasteiger partial charge is 0.486 e. The fraction of sp³-hybridized carbons (Fsp3) is 0.455. The summed E-state index contributed by atoms with van der Waals surface area (Å²) in [6, 6.07) is 2.98. The average Bonchev–Trinajstić information content (AvgIpc) is 2.29. The average molecular weight is 337 g/mol. The third kappa shape index (κ3) is 2.78. The van der Waals surface area contributed by atoms with E-state index < -0.39 is 9.84 Å². The van der Waals surface area contributed by atoms with E-state index in [0.717, 1.165) is 6.26 Å². The monoisotopic (exact) mass is 336 g/mol. The van der Waals surface area contributed by atoms with E-state index in [0.29, 0.717) is 29.2 Å². The molecule has 0 N–H and O–H groups in total. The van der Waals surface area contributed by atoms with Crippen LogP contribution in [0.2, 0.25) is 0 Å². The molecular weight excluding hydrogens is 324 g/mol. The number of halogens is 1. The van der Waals surface area contributed by atoms with Gasteiger partial charge in [0.15, 0.2) is 27.4 Å². The molecule has 1 heterocycles. The highest BCUT2D eigenvalue weighted by Crippen LogP contribution is 2.40. The van der Waals surface area contributed by atoms with Crippen LogP contribution in [0, 0.1) is 0 Å². The van der Waals surface area contributed by atoms with Gasteiger partial charge in [-0.15, -0.1) is 0 Å². The number of ether oxygens (including phenoxy) is 3. The molecule has 7 heteroatoms. The van der Waals surface area contributed by atoms with Gasteiger partial charge in [0.1, 0.15) is 6.61 Å². The number of methoxy groups -OCH3 is 1. The normalized spacial score (nSPS) is 18.7. The predicted octanol–water partition coefficient (Wildman–Crippen LogP) is 1.64. The van der Waals surface area contributed by atoms with E-state index in [-0.39, 0.29) is 11.0 Å². The van der Waals surface area contributed by atoms with Gasteiger partial charge in [-0.1, -0.05) is 0 Å². The second kappa shape index (κ2) is 5.07. The molecule has 1 aromatic rings. The maximum Gasteiger partial charge on any atom is 0.176 e. The van der Waals surface area contributed by atoms with E-state index in [1.807, 2.05) is 0 Å². The summed E-state index contributed by atoms with van der Waals surface area (Å²) in [5.41, 5.74) is 0. The van der Waals surface area contributed by atoms with Crippen LogP contribution in [0.3, 0.4) is 0 Å². The van der Waals surface area contributed by atoms with Crippen molar-refractivity contribution in [1.29, 1.82) is 0 Å². The molecule has 0 spiro atoms. The van der Waals surface area contributed by atoms with Crippen molar-refractivity contribution in [3.05, 3.63) is 16.6 Å². The molecule has 0 saturated heterocycles. The van der Waals surface area contributed by atoms with Crippen LogP contribution in [0.1, 0.15) is 0 Å². The topological polar surface area (TPSA) is 61.8 Å². The molecule has 1 aliphatic heterocycles. The van der Waals surface area contributed by atoms with Gasteiger partial charge in [0.2, 0.25) is 0 Å². The van der Waals surface area contributed by atoms with Gasteiger partial charge in [-0.3, -0.25) is 0 Å². The standard InChI is InChI=1S/C11H13BrO5S/c1-15-5-7-6-16-10-4-8(18(2,13)14)3-9(12)11(10)17-7/h3-4,7H,5-6H2,1-2H3. The SMILES string of the molecule is COCC1COc2cc(S(C)(=O)=O)cc(Br)c2O1. The Bertz CT molecular complexity index is 555. The van der Waals surface area contributed by atoms with Crippen molar-refractivity contribution in [3.8, 4) is 11.5 Å². The molecule has 1 unspecified atom stereocenters. The van der Waals surface area contributed by atoms with Crippen molar-refractivity contribution < 1.29 is 22.6 Å². The second-order valence-corrected chi connectivity index (χ2v) is 6.88. The molecule has 1 aromatic carbocycles. The molecule has 1 atom stereocenters. The van der Waals surface area contributed by atoms with Crippen LogP contribution in [0.5, 0.6) is 11.5 Å². The molecular formula is C11H13BrO5S. The number of hydrogen-bond donors (Lipinski definition) is 0. The van der Waals surface area contributed by atoms with E-state index in [4.69, 9.17) is 14.2 Å². The van der Waals surface area contributed by atoms with Crippen LogP contribution in [0.25, 0.3) is 0 Å². The first-order valence-corrected chi connectivity index (χ1v) is 7.92. The summed E-state index contributed by atoms with van der Waals surface area (Å²) < 4.78 is 39.7. The molecule has 0 fully saturated rings. The first-order chi connectivity index (χ1) is 8.41. The van der Waals surface area contributed by atoms with E-state index in [1.54, 1.807) is 7.11 Å². The zero-order chi connectivity index (χ0) is 13.3. The van der Waals surface area contributed by atoms with Crippen molar-refractivity contribution in [2.24, 2.45) is 0 Å². The lowest BCUT2D eigenvalue weighted by Gasteiger charge is -2.27. The van der Waals surface area contributed by atoms with Gasteiger partial charge in [-0.2, -0.15) is 0 Å². The highest BCUT2D eigenvalue weighted by Gasteiger charge is 2.25. The van der Waals surface area contributed by atoms with Crippen molar-refractivity contribution in [3.63, 3.8) is 0 Å². The summed E-state index contributed by atoms with van der Waals surface area (Å²) in [5.74, 6) is 0.938. The summed E-state index contributed by atoms with van der Waals surface area (Å²) >= 11 is 3.29. The van der Waals surface area contributed by atoms with E-state index >= 15 is 0 Å². The number of fused-ring (bicyclic) bond motifs is 1. The quantitative estimate of drug-likeness (QED) is 0.839. The Morgan fingerprint density at radius 3 is 2.83 bits per heavy atom. The Kier molecular flexibility index (Phi) is 3.84. The van der Waals surface area contributed by atoms with Crippen molar-refractivity contribution in [2.75, 3.05) is 26.6 Å². The van der Waals surface area contributed by atoms with Gasteiger partial charge in [-0.05, 0) is 22.0 Å². The van der Waals surface area contributed by atoms with Gasteiger partial charge >= 0.3 is 0 Å². The minimum absolute atomic E-state index is 0.192. The van der Waals surface area contributed by atoms with Crippen LogP contribution in [0.4, 0.5) is 0 Å². The Morgan fingerprint density at radius 2 is 2.22 bits per heavy atom. The maximum atomic E-state index is 11.5. The lowest BCUT2D eigenvalue weighted by molar-refractivity contribution is 0.0264. The summed E-state index contributed by atoms with van der Waals surface area (Å²) in [5, 5.41) is 0. The molecule has 0 saturated carbocycles. The molecule has 2 rings (SSSR count). The van der Waals surface area contributed by atoms with Crippen LogP contribution < -0.4 is 9.47 Å². The van der Waals surface area contributed by atoms with Gasteiger partial charge in [0.25, 0.3) is 0 Å². The van der Waals surface area contributed by atoms with Gasteiger partial charge in [0.05, 0.1) is 16.0 Å². The van der Waals surface area contributed by atoms with Crippen LogP contribution in [-0.2, 0) is 14.6 Å². The van der Waals surface area contributed by atoms with Gasteiger partial charge < -0.3 is 14.2 Å². The Morgan fingerprint density at radius 1 is 1.50 bits per heavy atom. The first-order valence-electron chi connectivity index (χ1n) is 5.24. The van der Waals surface area contributed by atoms with Crippen LogP contribution >= 0.6 is 15.9 Å². The molecule has 5 nitrogen and oxygen atoms in total. The summed E-state index contributed by atoms with van der Waals surface area (Å²) in [6.07, 6.45) is 0.960. The van der Waals surface area contributed by atoms with Crippen molar-refractivity contribution >= 4 is 25.8 Å². The number of sulfone groups is 1. The molecule has 0 aromatic heterocycles. The number of hydrogen-bond acceptors (Lipinski definition) is 5. The number of rotatable bonds is 3. The van der Waals surface area contributed by atoms with Gasteiger partial charge in [-0.25, -0.2) is 8.42 Å². The van der Waals surface area contributed by atoms with E-state index in [9.17, 15) is 8.42 Å². The van der Waals surface area contributed by atoms with Crippen molar-refractivity contribution in [1.82, 2.24) is 0 Å². The fourth-order valence-corrected chi connectivity index (χ4v) is 2.97. The second-order valence-electron chi connectivity index (χ2n) is 4.01. The third-order valence-corrected chi connectivity index (χ3v) is 4.15. The van der Waals surface area contributed by atoms with Crippen molar-refractivity contribution in [2.45, 2.75) is 11.0 Å². The lowest BCUT2D eigenvalue weighted by Crippen LogP contribution is -2.33. The highest BCUT2D eigenvalue weighted by molar-refractivity contribution is 9.10. The van der Waals surface area contributed by atoms with E-state index in [2.05, 4.69) is 15.9 Å². The minimum atomic E-state index is -3.27. The maximum absolute atomic E-state index is 11.5. The molecule has 0 amide bonds. The smallest absolute Gasteiger partial charge is 0.176 e. The Labute approximate surface area is 114 Å². The summed E-state index contributed by atoms with van der Waals surface area (Å²) in [4.78, 5) is 0.196. The number of benzene rings is 1. The third-order valence-electron chi connectivity index (χ3n) is 2.47. The Hall–Kier alpha value is -0.790. The lowest BCUT2D eigenvalue weighted by atomic mass is 10.2. The minimum Gasteiger partial charge on any atom is -0.486 e. The predicted molar refractivity (Wildman–Crippen MR) is 69.0 cm³/mol. The van der Waals surface area contributed by atoms with Crippen LogP contribution in [0.15, 0.2) is 21.5 Å². The molecule has 100 valence electrons.